The summed E-state index contributed by atoms with van der Waals surface area (Å²) in [5.41, 5.74) is 0.873. The van der Waals surface area contributed by atoms with Gasteiger partial charge in [-0.2, -0.15) is 5.26 Å². The number of anilines is 1. The quantitative estimate of drug-likeness (QED) is 0.215. The molecule has 1 aliphatic heterocycles. The van der Waals surface area contributed by atoms with Crippen LogP contribution in [0.2, 0.25) is 0 Å². The predicted octanol–water partition coefficient (Wildman–Crippen LogP) is 5.07. The number of aromatic nitrogens is 4. The van der Waals surface area contributed by atoms with Crippen LogP contribution in [0.5, 0.6) is 0 Å². The molecule has 1 aromatic carbocycles. The number of methoxy groups -OCH3 is 1. The molecule has 1 N–H and O–H groups in total. The Hall–Kier alpha value is -3.04. The summed E-state index contributed by atoms with van der Waals surface area (Å²) in [6.45, 7) is 9.44. The van der Waals surface area contributed by atoms with Crippen LogP contribution in [-0.2, 0) is 18.5 Å². The normalized spacial score (nSPS) is 20.0. The minimum atomic E-state index is -1.42. The Morgan fingerprint density at radius 3 is 2.66 bits per heavy atom. The Balaban J connectivity index is 1.52. The molecule has 3 heterocycles. The topological polar surface area (TPSA) is 137 Å². The summed E-state index contributed by atoms with van der Waals surface area (Å²) in [4.78, 5) is 26.0. The molecule has 12 nitrogen and oxygen atoms in total. The van der Waals surface area contributed by atoms with E-state index in [0.717, 1.165) is 0 Å². The van der Waals surface area contributed by atoms with Crippen molar-refractivity contribution in [3.8, 4) is 6.07 Å². The molecule has 1 amide bonds. The zero-order valence-electron chi connectivity index (χ0n) is 24.2. The molecule has 0 radical (unpaired) electrons. The SMILES string of the molecule is CO[C@@]1(COP(OCCC#N)N(C(C)C)C(C)C)CCO[C@@H](n2cnc3c(NC(=O)c4ccccc4)ncnc32)C1. The van der Waals surface area contributed by atoms with E-state index in [-0.39, 0.29) is 24.6 Å². The number of ether oxygens (including phenoxy) is 2. The number of nitrogens with zero attached hydrogens (tertiary/aromatic N) is 6. The lowest BCUT2D eigenvalue weighted by molar-refractivity contribution is -0.159. The van der Waals surface area contributed by atoms with Crippen LogP contribution >= 0.6 is 8.53 Å². The largest absolute Gasteiger partial charge is 0.376 e. The van der Waals surface area contributed by atoms with Gasteiger partial charge in [-0.1, -0.05) is 18.2 Å². The van der Waals surface area contributed by atoms with Crippen LogP contribution < -0.4 is 5.32 Å². The van der Waals surface area contributed by atoms with Gasteiger partial charge in [-0.05, 0) is 39.8 Å². The standard InChI is InChI=1S/C28H38N7O5P/c1-20(2)35(21(3)4)41(39-14-9-13-29)40-17-28(37-5)12-15-38-23(16-28)34-19-32-24-25(30-18-31-26(24)34)33-27(36)22-10-7-6-8-11-22/h6-8,10-11,18-21,23H,9,12,14-17H2,1-5H3,(H,30,31,33,36)/t23-,28+,41?/m1/s1. The first-order valence-electron chi connectivity index (χ1n) is 13.7. The minimum absolute atomic E-state index is 0.192. The Bertz CT molecular complexity index is 1320. The fraction of sp³-hybridized carbons (Fsp3) is 0.536. The molecule has 1 saturated heterocycles. The van der Waals surface area contributed by atoms with Gasteiger partial charge in [0, 0.05) is 37.6 Å². The van der Waals surface area contributed by atoms with Crippen molar-refractivity contribution in [1.29, 1.82) is 5.26 Å². The smallest absolute Gasteiger partial charge is 0.259 e. The van der Waals surface area contributed by atoms with E-state index >= 15 is 0 Å². The maximum absolute atomic E-state index is 12.7. The van der Waals surface area contributed by atoms with Crippen molar-refractivity contribution in [2.45, 2.75) is 70.9 Å². The van der Waals surface area contributed by atoms with E-state index in [1.165, 1.54) is 6.33 Å². The fourth-order valence-electron chi connectivity index (χ4n) is 4.82. The highest BCUT2D eigenvalue weighted by Crippen LogP contribution is 2.48. The molecule has 1 fully saturated rings. The molecule has 3 aromatic rings. The molecule has 13 heteroatoms. The van der Waals surface area contributed by atoms with Crippen LogP contribution in [0.1, 0.15) is 63.5 Å². The first-order chi connectivity index (χ1) is 19.8. The van der Waals surface area contributed by atoms with Gasteiger partial charge < -0.3 is 23.8 Å². The third-order valence-corrected chi connectivity index (χ3v) is 8.94. The van der Waals surface area contributed by atoms with Gasteiger partial charge in [0.1, 0.15) is 12.6 Å². The number of fused-ring (bicyclic) bond motifs is 1. The number of hydrogen-bond acceptors (Lipinski definition) is 10. The average molecular weight is 584 g/mol. The molecular weight excluding hydrogens is 545 g/mol. The zero-order valence-corrected chi connectivity index (χ0v) is 25.1. The van der Waals surface area contributed by atoms with Crippen LogP contribution in [0, 0.1) is 11.3 Å². The predicted molar refractivity (Wildman–Crippen MR) is 155 cm³/mol. The lowest BCUT2D eigenvalue weighted by Gasteiger charge is -2.42. The van der Waals surface area contributed by atoms with Crippen LogP contribution in [0.3, 0.4) is 0 Å². The Kier molecular flexibility index (Phi) is 10.7. The molecule has 0 saturated carbocycles. The zero-order chi connectivity index (χ0) is 29.4. The van der Waals surface area contributed by atoms with Gasteiger partial charge in [-0.3, -0.25) is 9.36 Å². The number of hydrogen-bond donors (Lipinski definition) is 1. The number of carbonyl (C=O) groups excluding carboxylic acids is 1. The Morgan fingerprint density at radius 2 is 1.98 bits per heavy atom. The highest BCUT2D eigenvalue weighted by atomic mass is 31.2. The highest BCUT2D eigenvalue weighted by Gasteiger charge is 2.41. The van der Waals surface area contributed by atoms with Gasteiger partial charge in [-0.15, -0.1) is 0 Å². The van der Waals surface area contributed by atoms with E-state index < -0.39 is 20.4 Å². The number of nitrogens with one attached hydrogen (secondary N) is 1. The number of benzene rings is 1. The number of carbonyl (C=O) groups is 1. The maximum atomic E-state index is 12.7. The lowest BCUT2D eigenvalue weighted by Crippen LogP contribution is -2.45. The van der Waals surface area contributed by atoms with Crippen molar-refractivity contribution in [2.75, 3.05) is 32.2 Å². The van der Waals surface area contributed by atoms with Gasteiger partial charge >= 0.3 is 0 Å². The van der Waals surface area contributed by atoms with Crippen molar-refractivity contribution in [2.24, 2.45) is 0 Å². The monoisotopic (exact) mass is 583 g/mol. The van der Waals surface area contributed by atoms with Crippen LogP contribution in [0.25, 0.3) is 11.2 Å². The molecule has 220 valence electrons. The van der Waals surface area contributed by atoms with Crippen LogP contribution in [-0.4, -0.2) is 74.7 Å². The maximum Gasteiger partial charge on any atom is 0.259 e. The van der Waals surface area contributed by atoms with Gasteiger partial charge in [0.05, 0.1) is 44.2 Å². The molecule has 0 bridgehead atoms. The highest BCUT2D eigenvalue weighted by molar-refractivity contribution is 7.44. The van der Waals surface area contributed by atoms with Gasteiger partial charge in [-0.25, -0.2) is 19.6 Å². The molecule has 2 aromatic heterocycles. The van der Waals surface area contributed by atoms with Crippen molar-refractivity contribution in [3.05, 3.63) is 48.5 Å². The second kappa shape index (κ2) is 14.2. The summed E-state index contributed by atoms with van der Waals surface area (Å²) in [7, 11) is 0.264. The van der Waals surface area contributed by atoms with E-state index in [4.69, 9.17) is 23.8 Å². The van der Waals surface area contributed by atoms with E-state index in [1.54, 1.807) is 37.7 Å². The number of nitriles is 1. The number of amides is 1. The summed E-state index contributed by atoms with van der Waals surface area (Å²) in [5.74, 6) is 0.0392. The van der Waals surface area contributed by atoms with Crippen molar-refractivity contribution >= 4 is 31.4 Å². The van der Waals surface area contributed by atoms with Gasteiger partial charge in [0.25, 0.3) is 14.4 Å². The Morgan fingerprint density at radius 1 is 1.22 bits per heavy atom. The molecule has 0 spiro atoms. The number of rotatable bonds is 13. The van der Waals surface area contributed by atoms with E-state index in [9.17, 15) is 4.79 Å². The summed E-state index contributed by atoms with van der Waals surface area (Å²) >= 11 is 0. The Labute approximate surface area is 241 Å². The second-order valence-electron chi connectivity index (χ2n) is 10.4. The molecular formula is C28H38N7O5P. The van der Waals surface area contributed by atoms with Gasteiger partial charge in [0.15, 0.2) is 17.0 Å². The molecule has 1 aliphatic rings. The fourth-order valence-corrected chi connectivity index (χ4v) is 6.51. The van der Waals surface area contributed by atoms with E-state index in [1.807, 2.05) is 10.6 Å². The summed E-state index contributed by atoms with van der Waals surface area (Å²) < 4.78 is 28.8. The summed E-state index contributed by atoms with van der Waals surface area (Å²) in [5, 5.41) is 11.8. The number of imidazole rings is 1. The van der Waals surface area contributed by atoms with Crippen molar-refractivity contribution in [1.82, 2.24) is 24.2 Å². The summed E-state index contributed by atoms with van der Waals surface area (Å²) in [6.07, 6.45) is 4.02. The minimum Gasteiger partial charge on any atom is -0.376 e. The first kappa shape index (κ1) is 30.9. The molecule has 0 aliphatic carbocycles. The molecule has 4 rings (SSSR count). The second-order valence-corrected chi connectivity index (χ2v) is 11.8. The third kappa shape index (κ3) is 7.43. The third-order valence-electron chi connectivity index (χ3n) is 6.88. The molecule has 1 unspecified atom stereocenters. The van der Waals surface area contributed by atoms with Gasteiger partial charge in [0.2, 0.25) is 0 Å². The molecule has 3 atom stereocenters. The lowest BCUT2D eigenvalue weighted by atomic mass is 9.93. The van der Waals surface area contributed by atoms with Crippen molar-refractivity contribution in [3.63, 3.8) is 0 Å². The summed E-state index contributed by atoms with van der Waals surface area (Å²) in [6, 6.07) is 11.4. The van der Waals surface area contributed by atoms with Crippen LogP contribution in [0.4, 0.5) is 5.82 Å². The van der Waals surface area contributed by atoms with Crippen LogP contribution in [0.15, 0.2) is 43.0 Å². The van der Waals surface area contributed by atoms with E-state index in [0.29, 0.717) is 55.0 Å². The first-order valence-corrected chi connectivity index (χ1v) is 14.8. The average Bonchev–Trinajstić information content (AvgIpc) is 3.41. The van der Waals surface area contributed by atoms with E-state index in [2.05, 4.69) is 58.7 Å². The molecule has 41 heavy (non-hydrogen) atoms. The van der Waals surface area contributed by atoms with Crippen molar-refractivity contribution < 1.29 is 23.3 Å².